The van der Waals surface area contributed by atoms with Crippen LogP contribution in [-0.2, 0) is 4.79 Å². The van der Waals surface area contributed by atoms with Gasteiger partial charge < -0.3 is 20.9 Å². The van der Waals surface area contributed by atoms with Crippen molar-refractivity contribution < 1.29 is 4.79 Å². The lowest BCUT2D eigenvalue weighted by Crippen LogP contribution is -2.47. The minimum atomic E-state index is 0. The second kappa shape index (κ2) is 12.5. The molecule has 3 rings (SSSR count). The van der Waals surface area contributed by atoms with Crippen molar-refractivity contribution in [1.29, 1.82) is 0 Å². The van der Waals surface area contributed by atoms with Crippen LogP contribution in [0.4, 0.5) is 5.69 Å². The van der Waals surface area contributed by atoms with Gasteiger partial charge in [-0.1, -0.05) is 36.9 Å². The Morgan fingerprint density at radius 2 is 1.93 bits per heavy atom. The van der Waals surface area contributed by atoms with Crippen molar-refractivity contribution >= 4 is 53.1 Å². The van der Waals surface area contributed by atoms with Gasteiger partial charge in [0.05, 0.1) is 0 Å². The first-order chi connectivity index (χ1) is 13.7. The van der Waals surface area contributed by atoms with Crippen LogP contribution < -0.4 is 20.9 Å². The van der Waals surface area contributed by atoms with Gasteiger partial charge >= 0.3 is 0 Å². The van der Waals surface area contributed by atoms with Crippen molar-refractivity contribution in [3.63, 3.8) is 0 Å². The molecule has 1 aliphatic carbocycles. The topological polar surface area (TPSA) is 68.8 Å². The van der Waals surface area contributed by atoms with E-state index in [-0.39, 0.29) is 35.8 Å². The highest BCUT2D eigenvalue weighted by molar-refractivity contribution is 14.0. The number of nitrogens with one attached hydrogen (secondary N) is 3. The highest BCUT2D eigenvalue weighted by Gasteiger charge is 2.24. The second-order valence-electron chi connectivity index (χ2n) is 7.68. The van der Waals surface area contributed by atoms with E-state index >= 15 is 0 Å². The average Bonchev–Trinajstić information content (AvgIpc) is 3.19. The Balaban J connectivity index is 0.00000300. The summed E-state index contributed by atoms with van der Waals surface area (Å²) in [5, 5.41) is 10.6. The SMILES string of the molecule is CN=C(NCCNC(=O)C1CCCCC1)NC1CCN(c2cccc(Cl)c2)C1.I. The molecular weight excluding hydrogens is 501 g/mol. The molecule has 0 aromatic heterocycles. The number of guanidine groups is 1. The van der Waals surface area contributed by atoms with Gasteiger partial charge in [-0.25, -0.2) is 0 Å². The van der Waals surface area contributed by atoms with Crippen molar-refractivity contribution in [3.05, 3.63) is 29.3 Å². The molecule has 6 nitrogen and oxygen atoms in total. The van der Waals surface area contributed by atoms with Gasteiger partial charge in [0.15, 0.2) is 5.96 Å². The Kier molecular flexibility index (Phi) is 10.3. The van der Waals surface area contributed by atoms with Crippen LogP contribution in [0.1, 0.15) is 38.5 Å². The van der Waals surface area contributed by atoms with Crippen LogP contribution in [0.3, 0.4) is 0 Å². The van der Waals surface area contributed by atoms with Crippen molar-refractivity contribution in [3.8, 4) is 0 Å². The van der Waals surface area contributed by atoms with Crippen molar-refractivity contribution in [2.75, 3.05) is 38.1 Å². The number of carbonyl (C=O) groups excluding carboxylic acids is 1. The van der Waals surface area contributed by atoms with Crippen LogP contribution in [0.2, 0.25) is 5.02 Å². The molecule has 1 aliphatic heterocycles. The third-order valence-corrected chi connectivity index (χ3v) is 5.85. The molecule has 0 spiro atoms. The number of hydrogen-bond donors (Lipinski definition) is 3. The van der Waals surface area contributed by atoms with Crippen LogP contribution in [0.25, 0.3) is 0 Å². The first-order valence-electron chi connectivity index (χ1n) is 10.4. The molecule has 1 aromatic rings. The predicted octanol–water partition coefficient (Wildman–Crippen LogP) is 3.40. The minimum Gasteiger partial charge on any atom is -0.369 e. The molecule has 1 aromatic carbocycles. The lowest BCUT2D eigenvalue weighted by Gasteiger charge is -2.22. The van der Waals surface area contributed by atoms with Gasteiger partial charge in [-0.05, 0) is 37.5 Å². The number of anilines is 1. The van der Waals surface area contributed by atoms with Crippen LogP contribution in [-0.4, -0.2) is 51.1 Å². The van der Waals surface area contributed by atoms with Gasteiger partial charge in [-0.15, -0.1) is 24.0 Å². The smallest absolute Gasteiger partial charge is 0.223 e. The van der Waals surface area contributed by atoms with Gasteiger partial charge in [0.1, 0.15) is 0 Å². The lowest BCUT2D eigenvalue weighted by atomic mass is 9.89. The number of hydrogen-bond acceptors (Lipinski definition) is 3. The minimum absolute atomic E-state index is 0. The molecule has 0 radical (unpaired) electrons. The monoisotopic (exact) mass is 533 g/mol. The summed E-state index contributed by atoms with van der Waals surface area (Å²) in [6.45, 7) is 3.20. The van der Waals surface area contributed by atoms with Crippen LogP contribution in [0.5, 0.6) is 0 Å². The number of amides is 1. The number of halogens is 2. The molecule has 1 saturated carbocycles. The Labute approximate surface area is 196 Å². The van der Waals surface area contributed by atoms with Gasteiger partial charge in [-0.2, -0.15) is 0 Å². The van der Waals surface area contributed by atoms with Gasteiger partial charge in [0, 0.05) is 55.9 Å². The molecule has 1 saturated heterocycles. The molecule has 2 fully saturated rings. The summed E-state index contributed by atoms with van der Waals surface area (Å²) >= 11 is 6.11. The maximum absolute atomic E-state index is 12.2. The quantitative estimate of drug-likeness (QED) is 0.227. The van der Waals surface area contributed by atoms with E-state index in [4.69, 9.17) is 11.6 Å². The lowest BCUT2D eigenvalue weighted by molar-refractivity contribution is -0.125. The average molecular weight is 534 g/mol. The maximum atomic E-state index is 12.2. The Morgan fingerprint density at radius 3 is 2.66 bits per heavy atom. The van der Waals surface area contributed by atoms with Crippen LogP contribution in [0.15, 0.2) is 29.3 Å². The van der Waals surface area contributed by atoms with E-state index < -0.39 is 0 Å². The molecule has 29 heavy (non-hydrogen) atoms. The number of carbonyl (C=O) groups is 1. The molecular formula is C21H33ClIN5O. The first-order valence-corrected chi connectivity index (χ1v) is 10.8. The number of rotatable bonds is 6. The number of aliphatic imine (C=N–C) groups is 1. The standard InChI is InChI=1S/C21H32ClN5O.HI/c1-23-21(25-12-11-24-20(28)16-6-3-2-4-7-16)26-18-10-13-27(15-18)19-9-5-8-17(22)14-19;/h5,8-9,14,16,18H,2-4,6-7,10-13,15H2,1H3,(H,24,28)(H2,23,25,26);1H. The fraction of sp³-hybridized carbons (Fsp3) is 0.619. The van der Waals surface area contributed by atoms with E-state index in [0.717, 1.165) is 49.0 Å². The van der Waals surface area contributed by atoms with E-state index in [1.165, 1.54) is 19.3 Å². The van der Waals surface area contributed by atoms with E-state index in [2.05, 4.69) is 31.9 Å². The zero-order valence-corrected chi connectivity index (χ0v) is 20.2. The molecule has 162 valence electrons. The zero-order chi connectivity index (χ0) is 19.8. The molecule has 8 heteroatoms. The summed E-state index contributed by atoms with van der Waals surface area (Å²) in [4.78, 5) is 18.8. The van der Waals surface area contributed by atoms with E-state index in [1.54, 1.807) is 7.05 Å². The summed E-state index contributed by atoms with van der Waals surface area (Å²) in [7, 11) is 1.78. The molecule has 0 bridgehead atoms. The summed E-state index contributed by atoms with van der Waals surface area (Å²) < 4.78 is 0. The first kappa shape index (κ1) is 24.1. The van der Waals surface area contributed by atoms with E-state index in [1.807, 2.05) is 18.2 Å². The fourth-order valence-corrected chi connectivity index (χ4v) is 4.23. The Bertz CT molecular complexity index is 681. The highest BCUT2D eigenvalue weighted by Crippen LogP contribution is 2.24. The van der Waals surface area contributed by atoms with Gasteiger partial charge in [0.25, 0.3) is 0 Å². The Hall–Kier alpha value is -1.22. The van der Waals surface area contributed by atoms with Crippen molar-refractivity contribution in [2.45, 2.75) is 44.6 Å². The van der Waals surface area contributed by atoms with Crippen molar-refractivity contribution in [1.82, 2.24) is 16.0 Å². The molecule has 1 unspecified atom stereocenters. The third-order valence-electron chi connectivity index (χ3n) is 5.62. The summed E-state index contributed by atoms with van der Waals surface area (Å²) in [6.07, 6.45) is 6.75. The van der Waals surface area contributed by atoms with E-state index in [0.29, 0.717) is 19.1 Å². The van der Waals surface area contributed by atoms with Gasteiger partial charge in [0.2, 0.25) is 5.91 Å². The largest absolute Gasteiger partial charge is 0.369 e. The molecule has 3 N–H and O–H groups in total. The highest BCUT2D eigenvalue weighted by atomic mass is 127. The second-order valence-corrected chi connectivity index (χ2v) is 8.12. The van der Waals surface area contributed by atoms with Crippen LogP contribution >= 0.6 is 35.6 Å². The van der Waals surface area contributed by atoms with Crippen LogP contribution in [0, 0.1) is 5.92 Å². The molecule has 1 heterocycles. The normalized spacial score (nSPS) is 20.1. The predicted molar refractivity (Wildman–Crippen MR) is 132 cm³/mol. The van der Waals surface area contributed by atoms with Gasteiger partial charge in [-0.3, -0.25) is 9.79 Å². The summed E-state index contributed by atoms with van der Waals surface area (Å²) in [5.41, 5.74) is 1.16. The summed E-state index contributed by atoms with van der Waals surface area (Å²) in [5.74, 6) is 1.20. The maximum Gasteiger partial charge on any atom is 0.223 e. The Morgan fingerprint density at radius 1 is 1.17 bits per heavy atom. The zero-order valence-electron chi connectivity index (χ0n) is 17.1. The molecule has 2 aliphatic rings. The number of nitrogens with zero attached hydrogens (tertiary/aromatic N) is 2. The molecule has 1 amide bonds. The fourth-order valence-electron chi connectivity index (χ4n) is 4.05. The number of benzene rings is 1. The van der Waals surface area contributed by atoms with Crippen molar-refractivity contribution in [2.24, 2.45) is 10.9 Å². The third kappa shape index (κ3) is 7.51. The molecule has 1 atom stereocenters. The van der Waals surface area contributed by atoms with E-state index in [9.17, 15) is 4.79 Å². The summed E-state index contributed by atoms with van der Waals surface area (Å²) in [6, 6.07) is 8.32.